The molecule has 5 heteroatoms. The second-order valence-electron chi connectivity index (χ2n) is 1.69. The van der Waals surface area contributed by atoms with E-state index in [9.17, 15) is 4.79 Å². The molecule has 1 aromatic rings. The molecule has 1 rings (SSSR count). The lowest BCUT2D eigenvalue weighted by Gasteiger charge is -1.75. The summed E-state index contributed by atoms with van der Waals surface area (Å²) >= 11 is 0. The van der Waals surface area contributed by atoms with Gasteiger partial charge in [-0.3, -0.25) is 0 Å². The van der Waals surface area contributed by atoms with Gasteiger partial charge in [0, 0.05) is 6.07 Å². The average Bonchev–Trinajstić information content (AvgIpc) is 2.38. The fourth-order valence-corrected chi connectivity index (χ4v) is 0.323. The molecule has 0 fully saturated rings. The zero-order valence-corrected chi connectivity index (χ0v) is 7.37. The van der Waals surface area contributed by atoms with E-state index in [2.05, 4.69) is 23.0 Å². The van der Waals surface area contributed by atoms with Crippen molar-refractivity contribution in [3.05, 3.63) is 18.0 Å². The summed E-state index contributed by atoms with van der Waals surface area (Å²) in [4.78, 5) is 9.94. The Labute approximate surface area is 66.4 Å². The van der Waals surface area contributed by atoms with Crippen molar-refractivity contribution in [2.45, 2.75) is 0 Å². The van der Waals surface area contributed by atoms with Gasteiger partial charge in [0.25, 0.3) is 0 Å². The third kappa shape index (κ3) is 4.51. The molecule has 0 saturated carbocycles. The van der Waals surface area contributed by atoms with Gasteiger partial charge in [-0.1, -0.05) is 5.16 Å². The van der Waals surface area contributed by atoms with Gasteiger partial charge in [0.2, 0.25) is 0 Å². The fourth-order valence-electron chi connectivity index (χ4n) is 0.323. The maximum atomic E-state index is 9.94. The molecule has 11 heavy (non-hydrogen) atoms. The molecule has 0 aromatic carbocycles. The highest BCUT2D eigenvalue weighted by Crippen LogP contribution is 1.91. The number of rotatable bonds is 1. The molecule has 4 nitrogen and oxygen atoms in total. The van der Waals surface area contributed by atoms with Gasteiger partial charge in [0.15, 0.2) is 5.69 Å². The zero-order chi connectivity index (χ0) is 8.69. The van der Waals surface area contributed by atoms with Crippen molar-refractivity contribution in [2.24, 2.45) is 0 Å². The van der Waals surface area contributed by atoms with Crippen LogP contribution in [0.3, 0.4) is 0 Å². The van der Waals surface area contributed by atoms with Gasteiger partial charge in [-0.15, -0.1) is 8.58 Å². The standard InChI is InChI=1S/C4H3NO3.C2H7P/c6-4(7)3-1-2-8-5-3;1-3-2/h1-2H,(H,6,7);3H,1-2H3. The molecule has 0 spiro atoms. The first-order valence-corrected chi connectivity index (χ1v) is 4.94. The molecule has 0 amide bonds. The molecular weight excluding hydrogens is 165 g/mol. The fraction of sp³-hybridized carbons (Fsp3) is 0.333. The van der Waals surface area contributed by atoms with Gasteiger partial charge in [-0.25, -0.2) is 4.79 Å². The minimum absolute atomic E-state index is 0.0648. The quantitative estimate of drug-likeness (QED) is 0.653. The van der Waals surface area contributed by atoms with Gasteiger partial charge in [0.1, 0.15) is 6.26 Å². The smallest absolute Gasteiger partial charge is 0.358 e. The van der Waals surface area contributed by atoms with E-state index in [4.69, 9.17) is 5.11 Å². The van der Waals surface area contributed by atoms with Crippen molar-refractivity contribution in [2.75, 3.05) is 13.3 Å². The summed E-state index contributed by atoms with van der Waals surface area (Å²) < 4.78 is 4.24. The SMILES string of the molecule is CPC.O=C(O)c1ccon1. The van der Waals surface area contributed by atoms with Crippen molar-refractivity contribution in [3.63, 3.8) is 0 Å². The first-order chi connectivity index (χ1) is 5.22. The van der Waals surface area contributed by atoms with Gasteiger partial charge >= 0.3 is 5.97 Å². The maximum Gasteiger partial charge on any atom is 0.358 e. The summed E-state index contributed by atoms with van der Waals surface area (Å²) in [5.74, 6) is -1.07. The summed E-state index contributed by atoms with van der Waals surface area (Å²) in [6.07, 6.45) is 1.21. The molecule has 0 aliphatic rings. The molecule has 0 unspecified atom stereocenters. The van der Waals surface area contributed by atoms with E-state index in [1.807, 2.05) is 0 Å². The van der Waals surface area contributed by atoms with Gasteiger partial charge in [0.05, 0.1) is 0 Å². The lowest BCUT2D eigenvalue weighted by Crippen LogP contribution is -1.94. The predicted octanol–water partition coefficient (Wildman–Crippen LogP) is 1.30. The van der Waals surface area contributed by atoms with Crippen LogP contribution in [0.1, 0.15) is 10.5 Å². The monoisotopic (exact) mass is 175 g/mol. The van der Waals surface area contributed by atoms with Crippen LogP contribution in [0.25, 0.3) is 0 Å². The van der Waals surface area contributed by atoms with Crippen LogP contribution >= 0.6 is 8.58 Å². The van der Waals surface area contributed by atoms with Crippen LogP contribution in [0.15, 0.2) is 16.9 Å². The average molecular weight is 175 g/mol. The van der Waals surface area contributed by atoms with E-state index in [-0.39, 0.29) is 5.69 Å². The van der Waals surface area contributed by atoms with Crippen LogP contribution in [-0.2, 0) is 0 Å². The van der Waals surface area contributed by atoms with Crippen LogP contribution in [0.4, 0.5) is 0 Å². The number of nitrogens with zero attached hydrogens (tertiary/aromatic N) is 1. The first-order valence-electron chi connectivity index (χ1n) is 2.94. The van der Waals surface area contributed by atoms with Gasteiger partial charge in [-0.2, -0.15) is 0 Å². The van der Waals surface area contributed by atoms with Gasteiger partial charge < -0.3 is 9.63 Å². The molecule has 62 valence electrons. The summed E-state index contributed by atoms with van der Waals surface area (Å²) in [7, 11) is 1.08. The molecule has 0 radical (unpaired) electrons. The highest BCUT2D eigenvalue weighted by atomic mass is 31.1. The maximum absolute atomic E-state index is 9.94. The van der Waals surface area contributed by atoms with E-state index in [1.54, 1.807) is 0 Å². The largest absolute Gasteiger partial charge is 0.476 e. The second kappa shape index (κ2) is 5.86. The Bertz CT molecular complexity index is 198. The first kappa shape index (κ1) is 10.1. The number of aromatic carboxylic acids is 1. The third-order valence-corrected chi connectivity index (χ3v) is 0.657. The van der Waals surface area contributed by atoms with E-state index in [0.717, 1.165) is 8.58 Å². The van der Waals surface area contributed by atoms with E-state index in [1.165, 1.54) is 12.3 Å². The zero-order valence-electron chi connectivity index (χ0n) is 6.37. The molecule has 0 atom stereocenters. The Morgan fingerprint density at radius 1 is 1.73 bits per heavy atom. The lowest BCUT2D eigenvalue weighted by atomic mass is 10.5. The van der Waals surface area contributed by atoms with Crippen LogP contribution in [0, 0.1) is 0 Å². The summed E-state index contributed by atoms with van der Waals surface area (Å²) in [6.45, 7) is 4.31. The molecule has 1 heterocycles. The van der Waals surface area contributed by atoms with Crippen LogP contribution < -0.4 is 0 Å². The van der Waals surface area contributed by atoms with Gasteiger partial charge in [-0.05, 0) is 13.3 Å². The van der Waals surface area contributed by atoms with E-state index >= 15 is 0 Å². The Kier molecular flexibility index (Phi) is 5.39. The van der Waals surface area contributed by atoms with E-state index < -0.39 is 5.97 Å². The predicted molar refractivity (Wildman–Crippen MR) is 43.6 cm³/mol. The molecule has 1 N–H and O–H groups in total. The minimum atomic E-state index is -1.07. The van der Waals surface area contributed by atoms with Crippen molar-refractivity contribution in [1.82, 2.24) is 5.16 Å². The molecule has 1 aromatic heterocycles. The number of hydrogen-bond acceptors (Lipinski definition) is 3. The Morgan fingerprint density at radius 2 is 2.27 bits per heavy atom. The van der Waals surface area contributed by atoms with Crippen LogP contribution in [-0.4, -0.2) is 29.6 Å². The minimum Gasteiger partial charge on any atom is -0.476 e. The topological polar surface area (TPSA) is 63.3 Å². The normalized spacial score (nSPS) is 8.18. The summed E-state index contributed by atoms with van der Waals surface area (Å²) in [6, 6.07) is 1.28. The Morgan fingerprint density at radius 3 is 2.45 bits per heavy atom. The number of carboxylic acid groups (broad SMARTS) is 1. The lowest BCUT2D eigenvalue weighted by molar-refractivity contribution is 0.0685. The molecule has 0 aliphatic carbocycles. The highest BCUT2D eigenvalue weighted by molar-refractivity contribution is 7.35. The van der Waals surface area contributed by atoms with Crippen LogP contribution in [0.5, 0.6) is 0 Å². The van der Waals surface area contributed by atoms with E-state index in [0.29, 0.717) is 0 Å². The molecule has 0 bridgehead atoms. The highest BCUT2D eigenvalue weighted by Gasteiger charge is 2.02. The van der Waals surface area contributed by atoms with Crippen molar-refractivity contribution >= 4 is 14.6 Å². The third-order valence-electron chi connectivity index (χ3n) is 0.657. The number of aromatic nitrogens is 1. The summed E-state index contributed by atoms with van der Waals surface area (Å²) in [5.41, 5.74) is -0.0648. The van der Waals surface area contributed by atoms with Crippen molar-refractivity contribution < 1.29 is 14.4 Å². The second-order valence-corrected chi connectivity index (χ2v) is 2.69. The molecule has 0 saturated heterocycles. The molecular formula is C6H10NO3P. The number of hydrogen-bond donors (Lipinski definition) is 1. The van der Waals surface area contributed by atoms with Crippen LogP contribution in [0.2, 0.25) is 0 Å². The Balaban J connectivity index is 0.000000292. The molecule has 0 aliphatic heterocycles. The van der Waals surface area contributed by atoms with Crippen molar-refractivity contribution in [1.29, 1.82) is 0 Å². The number of carbonyl (C=O) groups is 1. The number of carboxylic acids is 1. The Hall–Kier alpha value is -0.890. The van der Waals surface area contributed by atoms with Crippen molar-refractivity contribution in [3.8, 4) is 0 Å². The summed E-state index contributed by atoms with van der Waals surface area (Å²) in [5, 5.41) is 11.3.